The van der Waals surface area contributed by atoms with Crippen LogP contribution in [0.4, 0.5) is 13.2 Å². The first kappa shape index (κ1) is 15.6. The van der Waals surface area contributed by atoms with Crippen molar-refractivity contribution in [3.63, 3.8) is 0 Å². The predicted octanol–water partition coefficient (Wildman–Crippen LogP) is 4.83. The molecule has 1 aromatic rings. The summed E-state index contributed by atoms with van der Waals surface area (Å²) in [5, 5.41) is 0. The molecular weight excluding hydrogens is 329 g/mol. The third-order valence-corrected chi connectivity index (χ3v) is 3.66. The number of hydrogen-bond acceptors (Lipinski definition) is 2. The molecule has 1 nitrogen and oxygen atoms in total. The van der Waals surface area contributed by atoms with Crippen molar-refractivity contribution in [2.24, 2.45) is 0 Å². The maximum Gasteiger partial charge on any atom is 0.446 e. The Morgan fingerprint density at radius 3 is 2.50 bits per heavy atom. The van der Waals surface area contributed by atoms with E-state index in [0.29, 0.717) is 12.0 Å². The predicted molar refractivity (Wildman–Crippen MR) is 70.5 cm³/mol. The minimum Gasteiger partial charge on any atom is -0.293 e. The maximum absolute atomic E-state index is 12.5. The molecule has 1 rings (SSSR count). The van der Waals surface area contributed by atoms with E-state index in [1.54, 1.807) is 26.0 Å². The minimum atomic E-state index is -4.39. The minimum absolute atomic E-state index is 0.0174. The summed E-state index contributed by atoms with van der Waals surface area (Å²) in [6, 6.07) is 4.67. The highest BCUT2D eigenvalue weighted by Gasteiger charge is 2.32. The molecule has 0 aliphatic heterocycles. The largest absolute Gasteiger partial charge is 0.446 e. The fourth-order valence-corrected chi connectivity index (χ4v) is 2.61. The van der Waals surface area contributed by atoms with Gasteiger partial charge in [-0.3, -0.25) is 4.79 Å². The molecule has 6 heteroatoms. The standard InChI is InChI=1S/C12H12BrF3OS/c1-3-8-5-4-6-9(10(17)7(2)13)11(8)18-12(14,15)16/h4-7H,3H2,1-2H3. The molecule has 0 N–H and O–H groups in total. The lowest BCUT2D eigenvalue weighted by Crippen LogP contribution is -2.13. The summed E-state index contributed by atoms with van der Waals surface area (Å²) in [7, 11) is 0. The van der Waals surface area contributed by atoms with E-state index in [-0.39, 0.29) is 28.0 Å². The maximum atomic E-state index is 12.5. The second kappa shape index (κ2) is 6.10. The van der Waals surface area contributed by atoms with E-state index in [2.05, 4.69) is 15.9 Å². The van der Waals surface area contributed by atoms with Crippen LogP contribution in [0, 0.1) is 0 Å². The van der Waals surface area contributed by atoms with Crippen molar-refractivity contribution in [2.45, 2.75) is 35.5 Å². The Morgan fingerprint density at radius 2 is 2.06 bits per heavy atom. The number of carbonyl (C=O) groups is 1. The van der Waals surface area contributed by atoms with Gasteiger partial charge >= 0.3 is 5.51 Å². The lowest BCUT2D eigenvalue weighted by molar-refractivity contribution is -0.0328. The summed E-state index contributed by atoms with van der Waals surface area (Å²) in [5.41, 5.74) is -3.73. The molecule has 1 unspecified atom stereocenters. The molecule has 0 saturated carbocycles. The number of Topliss-reactive ketones (excluding diaryl/α,β-unsaturated/α-hetero) is 1. The highest BCUT2D eigenvalue weighted by Crippen LogP contribution is 2.41. The average Bonchev–Trinajstić information content (AvgIpc) is 2.26. The van der Waals surface area contributed by atoms with Gasteiger partial charge in [0, 0.05) is 10.5 Å². The number of carbonyl (C=O) groups excluding carboxylic acids is 1. The Kier molecular flexibility index (Phi) is 5.28. The zero-order valence-corrected chi connectivity index (χ0v) is 12.2. The molecule has 0 fully saturated rings. The van der Waals surface area contributed by atoms with Gasteiger partial charge < -0.3 is 0 Å². The highest BCUT2D eigenvalue weighted by molar-refractivity contribution is 9.10. The fourth-order valence-electron chi connectivity index (χ4n) is 1.51. The van der Waals surface area contributed by atoms with Crippen LogP contribution in [0.25, 0.3) is 0 Å². The highest BCUT2D eigenvalue weighted by atomic mass is 79.9. The number of alkyl halides is 4. The van der Waals surface area contributed by atoms with E-state index in [1.165, 1.54) is 6.07 Å². The van der Waals surface area contributed by atoms with Crippen LogP contribution in [0.1, 0.15) is 29.8 Å². The third kappa shape index (κ3) is 4.02. The Balaban J connectivity index is 3.29. The van der Waals surface area contributed by atoms with Crippen LogP contribution in [0.15, 0.2) is 23.1 Å². The van der Waals surface area contributed by atoms with Gasteiger partial charge in [-0.1, -0.05) is 41.1 Å². The van der Waals surface area contributed by atoms with Crippen molar-refractivity contribution in [3.8, 4) is 0 Å². The summed E-state index contributed by atoms with van der Waals surface area (Å²) >= 11 is 2.88. The summed E-state index contributed by atoms with van der Waals surface area (Å²) in [5.74, 6) is -0.336. The molecule has 0 spiro atoms. The SMILES string of the molecule is CCc1cccc(C(=O)C(C)Br)c1SC(F)(F)F. The molecule has 0 amide bonds. The molecule has 0 saturated heterocycles. The van der Waals surface area contributed by atoms with Gasteiger partial charge in [0.05, 0.1) is 4.83 Å². The topological polar surface area (TPSA) is 17.1 Å². The van der Waals surface area contributed by atoms with Gasteiger partial charge in [-0.15, -0.1) is 0 Å². The normalized spacial score (nSPS) is 13.4. The number of hydrogen-bond donors (Lipinski definition) is 0. The average molecular weight is 341 g/mol. The van der Waals surface area contributed by atoms with Gasteiger partial charge in [0.2, 0.25) is 0 Å². The number of rotatable bonds is 4. The van der Waals surface area contributed by atoms with Crippen molar-refractivity contribution < 1.29 is 18.0 Å². The van der Waals surface area contributed by atoms with Crippen LogP contribution in [0.2, 0.25) is 0 Å². The molecule has 1 atom stereocenters. The van der Waals surface area contributed by atoms with E-state index in [0.717, 1.165) is 0 Å². The molecule has 0 aliphatic carbocycles. The van der Waals surface area contributed by atoms with Crippen LogP contribution < -0.4 is 0 Å². The van der Waals surface area contributed by atoms with Crippen molar-refractivity contribution in [2.75, 3.05) is 0 Å². The number of ketones is 1. The van der Waals surface area contributed by atoms with Crippen LogP contribution in [-0.2, 0) is 6.42 Å². The van der Waals surface area contributed by atoms with Crippen LogP contribution >= 0.6 is 27.7 Å². The van der Waals surface area contributed by atoms with E-state index in [4.69, 9.17) is 0 Å². The van der Waals surface area contributed by atoms with Gasteiger partial charge in [-0.05, 0) is 30.7 Å². The molecule has 0 heterocycles. The van der Waals surface area contributed by atoms with E-state index in [9.17, 15) is 18.0 Å². The third-order valence-electron chi connectivity index (χ3n) is 2.32. The smallest absolute Gasteiger partial charge is 0.293 e. The van der Waals surface area contributed by atoms with Gasteiger partial charge in [-0.25, -0.2) is 0 Å². The molecule has 1 aromatic carbocycles. The number of aryl methyl sites for hydroxylation is 1. The molecule has 0 radical (unpaired) electrons. The first-order chi connectivity index (χ1) is 8.26. The Hall–Kier alpha value is -0.490. The zero-order valence-electron chi connectivity index (χ0n) is 9.84. The van der Waals surface area contributed by atoms with Gasteiger partial charge in [-0.2, -0.15) is 13.2 Å². The number of benzene rings is 1. The summed E-state index contributed by atoms with van der Waals surface area (Å²) in [6.07, 6.45) is 0.455. The molecule has 0 aromatic heterocycles. The van der Waals surface area contributed by atoms with Crippen molar-refractivity contribution in [1.82, 2.24) is 0 Å². The quantitative estimate of drug-likeness (QED) is 0.443. The fraction of sp³-hybridized carbons (Fsp3) is 0.417. The second-order valence-electron chi connectivity index (χ2n) is 3.68. The summed E-state index contributed by atoms with van der Waals surface area (Å²) in [4.78, 5) is 11.4. The first-order valence-electron chi connectivity index (χ1n) is 5.32. The van der Waals surface area contributed by atoms with Crippen LogP contribution in [0.3, 0.4) is 0 Å². The summed E-state index contributed by atoms with van der Waals surface area (Å²) in [6.45, 7) is 3.37. The van der Waals surface area contributed by atoms with Crippen molar-refractivity contribution in [3.05, 3.63) is 29.3 Å². The lowest BCUT2D eigenvalue weighted by Gasteiger charge is -2.15. The second-order valence-corrected chi connectivity index (χ2v) is 6.12. The zero-order chi connectivity index (χ0) is 13.9. The molecule has 100 valence electrons. The van der Waals surface area contributed by atoms with Gasteiger partial charge in [0.25, 0.3) is 0 Å². The van der Waals surface area contributed by atoms with Crippen molar-refractivity contribution >= 4 is 33.5 Å². The molecule has 0 aliphatic rings. The molecule has 18 heavy (non-hydrogen) atoms. The first-order valence-corrected chi connectivity index (χ1v) is 7.05. The van der Waals surface area contributed by atoms with E-state index < -0.39 is 10.3 Å². The number of halogens is 4. The Morgan fingerprint density at radius 1 is 1.44 bits per heavy atom. The van der Waals surface area contributed by atoms with Crippen LogP contribution in [0.5, 0.6) is 0 Å². The van der Waals surface area contributed by atoms with E-state index in [1.807, 2.05) is 0 Å². The monoisotopic (exact) mass is 340 g/mol. The molecular formula is C12H12BrF3OS. The Labute approximate surface area is 116 Å². The van der Waals surface area contributed by atoms with Gasteiger partial charge in [0.15, 0.2) is 5.78 Å². The molecule has 0 bridgehead atoms. The van der Waals surface area contributed by atoms with Crippen molar-refractivity contribution in [1.29, 1.82) is 0 Å². The van der Waals surface area contributed by atoms with Crippen LogP contribution in [-0.4, -0.2) is 16.1 Å². The summed E-state index contributed by atoms with van der Waals surface area (Å²) < 4.78 is 37.6. The lowest BCUT2D eigenvalue weighted by atomic mass is 10.0. The van der Waals surface area contributed by atoms with Gasteiger partial charge in [0.1, 0.15) is 0 Å². The van der Waals surface area contributed by atoms with E-state index >= 15 is 0 Å². The number of thioether (sulfide) groups is 1. The Bertz CT molecular complexity index is 443.